The highest BCUT2D eigenvalue weighted by molar-refractivity contribution is 7.89. The number of morpholine rings is 1. The molecule has 3 atom stereocenters. The van der Waals surface area contributed by atoms with E-state index in [9.17, 15) is 18.5 Å². The van der Waals surface area contributed by atoms with Crippen molar-refractivity contribution in [1.29, 1.82) is 0 Å². The first-order valence-corrected chi connectivity index (χ1v) is 21.2. The lowest BCUT2D eigenvalue weighted by Crippen LogP contribution is -2.56. The van der Waals surface area contributed by atoms with Gasteiger partial charge in [-0.1, -0.05) is 145 Å². The summed E-state index contributed by atoms with van der Waals surface area (Å²) >= 11 is 0. The molecule has 1 saturated heterocycles. The Morgan fingerprint density at radius 3 is 1.77 bits per heavy atom. The Balaban J connectivity index is 1.53. The third-order valence-corrected chi connectivity index (χ3v) is 11.4. The molecule has 292 valence electrons. The summed E-state index contributed by atoms with van der Waals surface area (Å²) in [4.78, 5) is 12.9. The van der Waals surface area contributed by atoms with Gasteiger partial charge in [0.15, 0.2) is 0 Å². The van der Waals surface area contributed by atoms with Gasteiger partial charge in [0.05, 0.1) is 48.4 Å². The Morgan fingerprint density at radius 2 is 1.25 bits per heavy atom. The summed E-state index contributed by atoms with van der Waals surface area (Å²) in [6.07, 6.45) is 14.6. The van der Waals surface area contributed by atoms with Crippen LogP contribution in [-0.2, 0) is 37.4 Å². The SMILES string of the molecule is CCCCCCCCCCCCCC[C@@H](OCc1ccccc1)[C@@H](OCc1ccccc1)[C@H](CN1CCOCC1)NS(=O)(=O)c1ccc([N+](=O)[O-])cc1. The van der Waals surface area contributed by atoms with Gasteiger partial charge in [-0.25, -0.2) is 13.1 Å². The van der Waals surface area contributed by atoms with Crippen molar-refractivity contribution < 1.29 is 27.6 Å². The van der Waals surface area contributed by atoms with Crippen LogP contribution in [-0.4, -0.2) is 69.3 Å². The van der Waals surface area contributed by atoms with Gasteiger partial charge in [0, 0.05) is 31.8 Å². The Morgan fingerprint density at radius 1 is 0.736 bits per heavy atom. The molecule has 1 heterocycles. The second-order valence-corrected chi connectivity index (χ2v) is 15.9. The third-order valence-electron chi connectivity index (χ3n) is 9.92. The zero-order valence-electron chi connectivity index (χ0n) is 31.6. The highest BCUT2D eigenvalue weighted by Gasteiger charge is 2.36. The molecule has 1 fully saturated rings. The van der Waals surface area contributed by atoms with Crippen LogP contribution in [0, 0.1) is 10.1 Å². The fourth-order valence-corrected chi connectivity index (χ4v) is 8.08. The van der Waals surface area contributed by atoms with Crippen LogP contribution in [0.15, 0.2) is 89.8 Å². The summed E-state index contributed by atoms with van der Waals surface area (Å²) in [5.41, 5.74) is 1.84. The van der Waals surface area contributed by atoms with E-state index >= 15 is 0 Å². The lowest BCUT2D eigenvalue weighted by molar-refractivity contribution is -0.384. The maximum atomic E-state index is 14.0. The topological polar surface area (TPSA) is 120 Å². The van der Waals surface area contributed by atoms with E-state index in [2.05, 4.69) is 16.5 Å². The standard InChI is InChI=1S/C42H61N3O7S/c1-2-3-4-5-6-7-8-9-10-11-12-19-24-41(51-34-36-20-15-13-16-21-36)42(52-35-37-22-17-14-18-23-37)40(33-44-29-31-50-32-30-44)43-53(48,49)39-27-25-38(26-28-39)45(46)47/h13-18,20-23,25-28,40-43H,2-12,19,24,29-35H2,1H3/t40-,41+,42-/m0/s1. The van der Waals surface area contributed by atoms with Gasteiger partial charge in [0.25, 0.3) is 5.69 Å². The molecular formula is C42H61N3O7S. The van der Waals surface area contributed by atoms with Gasteiger partial charge in [-0.15, -0.1) is 0 Å². The molecule has 0 amide bonds. The number of nitrogens with one attached hydrogen (secondary N) is 1. The number of hydrogen-bond donors (Lipinski definition) is 1. The summed E-state index contributed by atoms with van der Waals surface area (Å²) in [6, 6.07) is 24.2. The molecule has 11 heteroatoms. The number of benzene rings is 3. The van der Waals surface area contributed by atoms with Crippen LogP contribution in [0.1, 0.15) is 102 Å². The molecule has 4 rings (SSSR count). The molecule has 1 aliphatic heterocycles. The van der Waals surface area contributed by atoms with Gasteiger partial charge in [0.1, 0.15) is 6.10 Å². The molecule has 10 nitrogen and oxygen atoms in total. The van der Waals surface area contributed by atoms with E-state index in [4.69, 9.17) is 14.2 Å². The van der Waals surface area contributed by atoms with E-state index in [0.717, 1.165) is 30.4 Å². The zero-order chi connectivity index (χ0) is 37.6. The van der Waals surface area contributed by atoms with Crippen molar-refractivity contribution in [2.45, 2.75) is 127 Å². The first kappa shape index (κ1) is 42.6. The maximum Gasteiger partial charge on any atom is 0.269 e. The second-order valence-electron chi connectivity index (χ2n) is 14.2. The predicted molar refractivity (Wildman–Crippen MR) is 210 cm³/mol. The Labute approximate surface area is 317 Å². The Hall–Kier alpha value is -3.19. The van der Waals surface area contributed by atoms with E-state index < -0.39 is 33.2 Å². The first-order valence-electron chi connectivity index (χ1n) is 19.7. The summed E-state index contributed by atoms with van der Waals surface area (Å²) in [5, 5.41) is 11.3. The zero-order valence-corrected chi connectivity index (χ0v) is 32.4. The van der Waals surface area contributed by atoms with Crippen LogP contribution < -0.4 is 4.72 Å². The lowest BCUT2D eigenvalue weighted by Gasteiger charge is -2.38. The highest BCUT2D eigenvalue weighted by atomic mass is 32.2. The number of nitro groups is 1. The molecule has 0 unspecified atom stereocenters. The molecule has 0 radical (unpaired) electrons. The van der Waals surface area contributed by atoms with Gasteiger partial charge in [-0.05, 0) is 29.7 Å². The molecule has 3 aromatic rings. The number of hydrogen-bond acceptors (Lipinski definition) is 8. The van der Waals surface area contributed by atoms with Crippen molar-refractivity contribution in [1.82, 2.24) is 9.62 Å². The molecule has 0 spiro atoms. The van der Waals surface area contributed by atoms with Crippen LogP contribution in [0.25, 0.3) is 0 Å². The smallest absolute Gasteiger partial charge is 0.269 e. The monoisotopic (exact) mass is 751 g/mol. The minimum Gasteiger partial charge on any atom is -0.379 e. The molecule has 53 heavy (non-hydrogen) atoms. The molecular weight excluding hydrogens is 691 g/mol. The molecule has 0 aromatic heterocycles. The summed E-state index contributed by atoms with van der Waals surface area (Å²) in [7, 11) is -4.09. The van der Waals surface area contributed by atoms with E-state index in [0.29, 0.717) is 45.9 Å². The molecule has 0 bridgehead atoms. The highest BCUT2D eigenvalue weighted by Crippen LogP contribution is 2.24. The van der Waals surface area contributed by atoms with Crippen molar-refractivity contribution in [2.24, 2.45) is 0 Å². The average Bonchev–Trinajstić information content (AvgIpc) is 3.18. The number of nitrogens with zero attached hydrogens (tertiary/aromatic N) is 2. The quantitative estimate of drug-likeness (QED) is 0.0466. The van der Waals surface area contributed by atoms with Crippen molar-refractivity contribution in [3.05, 3.63) is 106 Å². The van der Waals surface area contributed by atoms with Gasteiger partial charge >= 0.3 is 0 Å². The summed E-state index contributed by atoms with van der Waals surface area (Å²) < 4.78 is 50.1. The van der Waals surface area contributed by atoms with E-state index in [1.165, 1.54) is 82.1 Å². The van der Waals surface area contributed by atoms with Gasteiger partial charge in [-0.2, -0.15) is 0 Å². The Bertz CT molecular complexity index is 1520. The predicted octanol–water partition coefficient (Wildman–Crippen LogP) is 8.84. The number of non-ortho nitro benzene ring substituents is 1. The van der Waals surface area contributed by atoms with E-state index in [1.807, 2.05) is 60.7 Å². The molecule has 1 N–H and O–H groups in total. The minimum absolute atomic E-state index is 0.0420. The summed E-state index contributed by atoms with van der Waals surface area (Å²) in [5.74, 6) is 0. The van der Waals surface area contributed by atoms with Crippen LogP contribution in [0.5, 0.6) is 0 Å². The van der Waals surface area contributed by atoms with Crippen molar-refractivity contribution in [3.63, 3.8) is 0 Å². The average molecular weight is 752 g/mol. The van der Waals surface area contributed by atoms with Crippen LogP contribution in [0.3, 0.4) is 0 Å². The number of unbranched alkanes of at least 4 members (excludes halogenated alkanes) is 11. The van der Waals surface area contributed by atoms with Crippen molar-refractivity contribution >= 4 is 15.7 Å². The number of nitro benzene ring substituents is 1. The van der Waals surface area contributed by atoms with E-state index in [1.54, 1.807) is 0 Å². The molecule has 0 aliphatic carbocycles. The normalized spacial score (nSPS) is 15.6. The maximum absolute atomic E-state index is 14.0. The Kier molecular flexibility index (Phi) is 19.5. The number of sulfonamides is 1. The fraction of sp³-hybridized carbons (Fsp3) is 0.571. The number of rotatable bonds is 27. The first-order chi connectivity index (χ1) is 25.9. The van der Waals surface area contributed by atoms with Crippen LogP contribution >= 0.6 is 0 Å². The number of ether oxygens (including phenoxy) is 3. The molecule has 1 aliphatic rings. The van der Waals surface area contributed by atoms with Crippen molar-refractivity contribution in [3.8, 4) is 0 Å². The van der Waals surface area contributed by atoms with Gasteiger partial charge in [0.2, 0.25) is 10.0 Å². The second kappa shape index (κ2) is 24.3. The van der Waals surface area contributed by atoms with E-state index in [-0.39, 0.29) is 17.2 Å². The van der Waals surface area contributed by atoms with Crippen LogP contribution in [0.4, 0.5) is 5.69 Å². The minimum atomic E-state index is -4.09. The van der Waals surface area contributed by atoms with Gasteiger partial charge in [-0.3, -0.25) is 15.0 Å². The molecule has 0 saturated carbocycles. The fourth-order valence-electron chi connectivity index (χ4n) is 6.84. The van der Waals surface area contributed by atoms with Gasteiger partial charge < -0.3 is 14.2 Å². The largest absolute Gasteiger partial charge is 0.379 e. The molecule has 3 aromatic carbocycles. The third kappa shape index (κ3) is 16.0. The lowest BCUT2D eigenvalue weighted by atomic mass is 9.98. The van der Waals surface area contributed by atoms with Crippen LogP contribution in [0.2, 0.25) is 0 Å². The summed E-state index contributed by atoms with van der Waals surface area (Å²) in [6.45, 7) is 5.74. The van der Waals surface area contributed by atoms with Crippen molar-refractivity contribution in [2.75, 3.05) is 32.8 Å².